The first-order chi connectivity index (χ1) is 17.3. The van der Waals surface area contributed by atoms with Crippen molar-refractivity contribution in [3.8, 4) is 0 Å². The van der Waals surface area contributed by atoms with Gasteiger partial charge in [0.15, 0.2) is 0 Å². The SMILES string of the molecule is CCN(CC(C)C)C(=O)c1ccc(C(=O)N(CC)CC(C)C)c(C(O)(CN)C(C)(C)c2ccccc2)c1. The highest BCUT2D eigenvalue weighted by Gasteiger charge is 2.47. The largest absolute Gasteiger partial charge is 0.383 e. The summed E-state index contributed by atoms with van der Waals surface area (Å²) in [7, 11) is 0. The molecule has 1 unspecified atom stereocenters. The van der Waals surface area contributed by atoms with Crippen molar-refractivity contribution in [1.82, 2.24) is 9.80 Å². The fraction of sp³-hybridized carbons (Fsp3) is 0.548. The first-order valence-electron chi connectivity index (χ1n) is 13.5. The molecule has 3 N–H and O–H groups in total. The molecule has 0 spiro atoms. The summed E-state index contributed by atoms with van der Waals surface area (Å²) in [5.41, 5.74) is 5.97. The lowest BCUT2D eigenvalue weighted by molar-refractivity contribution is -0.0241. The monoisotopic (exact) mass is 509 g/mol. The van der Waals surface area contributed by atoms with E-state index >= 15 is 0 Å². The highest BCUT2D eigenvalue weighted by molar-refractivity contribution is 5.99. The maximum Gasteiger partial charge on any atom is 0.254 e. The van der Waals surface area contributed by atoms with E-state index in [9.17, 15) is 14.7 Å². The number of carbonyl (C=O) groups is 2. The second-order valence-corrected chi connectivity index (χ2v) is 11.3. The van der Waals surface area contributed by atoms with Gasteiger partial charge in [-0.15, -0.1) is 0 Å². The lowest BCUT2D eigenvalue weighted by Gasteiger charge is -2.44. The average Bonchev–Trinajstić information content (AvgIpc) is 2.88. The zero-order valence-corrected chi connectivity index (χ0v) is 24.0. The first-order valence-corrected chi connectivity index (χ1v) is 13.5. The van der Waals surface area contributed by atoms with Crippen LogP contribution in [0.5, 0.6) is 0 Å². The Morgan fingerprint density at radius 1 is 0.865 bits per heavy atom. The van der Waals surface area contributed by atoms with Crippen molar-refractivity contribution in [1.29, 1.82) is 0 Å². The van der Waals surface area contributed by atoms with Gasteiger partial charge in [-0.1, -0.05) is 71.9 Å². The fourth-order valence-electron chi connectivity index (χ4n) is 4.95. The van der Waals surface area contributed by atoms with E-state index in [1.54, 1.807) is 28.0 Å². The molecule has 2 aromatic rings. The Hall–Kier alpha value is -2.70. The van der Waals surface area contributed by atoms with Gasteiger partial charge >= 0.3 is 0 Å². The molecule has 6 nitrogen and oxygen atoms in total. The van der Waals surface area contributed by atoms with E-state index in [1.165, 1.54) is 0 Å². The predicted octanol–water partition coefficient (Wildman–Crippen LogP) is 5.05. The number of amides is 2. The molecule has 2 amide bonds. The van der Waals surface area contributed by atoms with Crippen LogP contribution in [0.2, 0.25) is 0 Å². The third-order valence-electron chi connectivity index (χ3n) is 7.28. The van der Waals surface area contributed by atoms with Crippen LogP contribution in [0, 0.1) is 11.8 Å². The molecule has 0 aromatic heterocycles. The first kappa shape index (κ1) is 30.5. The van der Waals surface area contributed by atoms with Crippen LogP contribution >= 0.6 is 0 Å². The van der Waals surface area contributed by atoms with Gasteiger partial charge in [-0.2, -0.15) is 0 Å². The lowest BCUT2D eigenvalue weighted by atomic mass is 9.65. The molecule has 6 heteroatoms. The van der Waals surface area contributed by atoms with Crippen molar-refractivity contribution >= 4 is 11.8 Å². The van der Waals surface area contributed by atoms with Crippen LogP contribution in [-0.2, 0) is 11.0 Å². The van der Waals surface area contributed by atoms with Gasteiger partial charge in [0.25, 0.3) is 11.8 Å². The maximum atomic E-state index is 13.9. The van der Waals surface area contributed by atoms with E-state index in [-0.39, 0.29) is 24.3 Å². The van der Waals surface area contributed by atoms with Gasteiger partial charge in [-0.05, 0) is 55.0 Å². The van der Waals surface area contributed by atoms with Crippen LogP contribution in [0.15, 0.2) is 48.5 Å². The van der Waals surface area contributed by atoms with E-state index in [0.717, 1.165) is 5.56 Å². The Morgan fingerprint density at radius 2 is 1.38 bits per heavy atom. The van der Waals surface area contributed by atoms with E-state index in [4.69, 9.17) is 5.73 Å². The fourth-order valence-corrected chi connectivity index (χ4v) is 4.95. The van der Waals surface area contributed by atoms with E-state index < -0.39 is 11.0 Å². The average molecular weight is 510 g/mol. The van der Waals surface area contributed by atoms with Crippen molar-refractivity contribution in [3.05, 3.63) is 70.8 Å². The van der Waals surface area contributed by atoms with Crippen LogP contribution in [0.3, 0.4) is 0 Å². The Labute approximate surface area is 223 Å². The Kier molecular flexibility index (Phi) is 10.5. The van der Waals surface area contributed by atoms with Gasteiger partial charge in [0.1, 0.15) is 5.60 Å². The highest BCUT2D eigenvalue weighted by atomic mass is 16.3. The molecule has 0 saturated heterocycles. The highest BCUT2D eigenvalue weighted by Crippen LogP contribution is 2.43. The quantitative estimate of drug-likeness (QED) is 0.419. The standard InChI is InChI=1S/C31H47N3O3/c1-9-33(19-22(3)4)28(35)24-16-17-26(29(36)34(10-2)20-23(5)6)27(18-24)31(37,21-32)30(7,8)25-14-12-11-13-15-25/h11-18,22-23,37H,9-10,19-21,32H2,1-8H3. The summed E-state index contributed by atoms with van der Waals surface area (Å²) >= 11 is 0. The lowest BCUT2D eigenvalue weighted by Crippen LogP contribution is -2.52. The van der Waals surface area contributed by atoms with E-state index in [2.05, 4.69) is 27.7 Å². The number of aliphatic hydroxyl groups is 1. The van der Waals surface area contributed by atoms with Gasteiger partial charge in [-0.3, -0.25) is 9.59 Å². The number of nitrogens with two attached hydrogens (primary N) is 1. The molecule has 2 rings (SSSR count). The zero-order chi connectivity index (χ0) is 28.0. The molecule has 0 aliphatic rings. The number of hydrogen-bond donors (Lipinski definition) is 2. The summed E-state index contributed by atoms with van der Waals surface area (Å²) in [6, 6.07) is 14.8. The molecule has 0 aliphatic carbocycles. The molecular weight excluding hydrogens is 462 g/mol. The van der Waals surface area contributed by atoms with Gasteiger partial charge < -0.3 is 20.6 Å². The number of carbonyl (C=O) groups excluding carboxylic acids is 2. The van der Waals surface area contributed by atoms with Gasteiger partial charge in [0, 0.05) is 49.3 Å². The van der Waals surface area contributed by atoms with Crippen LogP contribution in [0.1, 0.15) is 87.2 Å². The summed E-state index contributed by atoms with van der Waals surface area (Å²) in [5.74, 6) is 0.311. The van der Waals surface area contributed by atoms with Crippen molar-refractivity contribution in [2.24, 2.45) is 17.6 Å². The zero-order valence-electron chi connectivity index (χ0n) is 24.0. The number of rotatable bonds is 12. The van der Waals surface area contributed by atoms with Gasteiger partial charge in [-0.25, -0.2) is 0 Å². The predicted molar refractivity (Wildman–Crippen MR) is 152 cm³/mol. The molecule has 1 atom stereocenters. The van der Waals surface area contributed by atoms with Crippen molar-refractivity contribution < 1.29 is 14.7 Å². The van der Waals surface area contributed by atoms with Crippen molar-refractivity contribution in [2.45, 2.75) is 66.4 Å². The minimum absolute atomic E-state index is 0.118. The summed E-state index contributed by atoms with van der Waals surface area (Å²) in [5, 5.41) is 12.4. The number of benzene rings is 2. The Morgan fingerprint density at radius 3 is 1.84 bits per heavy atom. The van der Waals surface area contributed by atoms with E-state index in [0.29, 0.717) is 48.8 Å². The smallest absolute Gasteiger partial charge is 0.254 e. The minimum atomic E-state index is -1.61. The molecule has 0 fully saturated rings. The summed E-state index contributed by atoms with van der Waals surface area (Å²) in [4.78, 5) is 31.0. The van der Waals surface area contributed by atoms with Crippen LogP contribution < -0.4 is 5.73 Å². The Balaban J connectivity index is 2.78. The summed E-state index contributed by atoms with van der Waals surface area (Å²) < 4.78 is 0. The molecule has 2 aromatic carbocycles. The molecule has 0 radical (unpaired) electrons. The topological polar surface area (TPSA) is 86.9 Å². The third kappa shape index (κ3) is 6.60. The molecule has 0 bridgehead atoms. The third-order valence-corrected chi connectivity index (χ3v) is 7.28. The van der Waals surface area contributed by atoms with Crippen LogP contribution in [-0.4, -0.2) is 59.4 Å². The molecular formula is C31H47N3O3. The normalized spacial score (nSPS) is 13.5. The maximum absolute atomic E-state index is 13.9. The molecule has 0 saturated carbocycles. The second-order valence-electron chi connectivity index (χ2n) is 11.3. The minimum Gasteiger partial charge on any atom is -0.383 e. The summed E-state index contributed by atoms with van der Waals surface area (Å²) in [6.45, 7) is 18.3. The molecule has 37 heavy (non-hydrogen) atoms. The second kappa shape index (κ2) is 12.7. The summed E-state index contributed by atoms with van der Waals surface area (Å²) in [6.07, 6.45) is 0. The molecule has 0 aliphatic heterocycles. The molecule has 0 heterocycles. The molecule has 204 valence electrons. The van der Waals surface area contributed by atoms with Crippen molar-refractivity contribution in [2.75, 3.05) is 32.7 Å². The number of nitrogens with zero attached hydrogens (tertiary/aromatic N) is 2. The van der Waals surface area contributed by atoms with Crippen LogP contribution in [0.25, 0.3) is 0 Å². The van der Waals surface area contributed by atoms with E-state index in [1.807, 2.05) is 58.0 Å². The van der Waals surface area contributed by atoms with Gasteiger partial charge in [0.2, 0.25) is 0 Å². The number of hydrogen-bond acceptors (Lipinski definition) is 4. The Bertz CT molecular complexity index is 1050. The van der Waals surface area contributed by atoms with Crippen LogP contribution in [0.4, 0.5) is 0 Å². The van der Waals surface area contributed by atoms with Crippen molar-refractivity contribution in [3.63, 3.8) is 0 Å². The van der Waals surface area contributed by atoms with Gasteiger partial charge in [0.05, 0.1) is 0 Å².